The van der Waals surface area contributed by atoms with Crippen LogP contribution in [0.2, 0.25) is 0 Å². The number of esters is 1. The van der Waals surface area contributed by atoms with E-state index in [9.17, 15) is 9.59 Å². The topological polar surface area (TPSA) is 64.6 Å². The fraction of sp³-hybridized carbons (Fsp3) is 0.417. The Balaban J connectivity index is 2.09. The Hall–Kier alpha value is -2.82. The van der Waals surface area contributed by atoms with Crippen molar-refractivity contribution in [2.45, 2.75) is 45.6 Å². The standard InChI is InChI=1S/C24H31NO4/c1-5-9-17(2)16-29-21-14-12-20(13-15-21)22(24(27)28-4)23(26)25-18(3)19-10-7-6-8-11-19/h6-8,10-15,17-18,22H,5,9,16H2,1-4H3,(H,25,26). The number of carbonyl (C=O) groups excluding carboxylic acids is 2. The van der Waals surface area contributed by atoms with Gasteiger partial charge in [-0.1, -0.05) is 62.7 Å². The first kappa shape index (κ1) is 22.5. The van der Waals surface area contributed by atoms with Crippen molar-refractivity contribution in [3.8, 4) is 5.75 Å². The number of amides is 1. The van der Waals surface area contributed by atoms with E-state index in [4.69, 9.17) is 9.47 Å². The molecule has 0 aliphatic carbocycles. The van der Waals surface area contributed by atoms with Gasteiger partial charge in [-0.3, -0.25) is 9.59 Å². The third kappa shape index (κ3) is 6.63. The second kappa shape index (κ2) is 11.2. The molecular formula is C24H31NO4. The summed E-state index contributed by atoms with van der Waals surface area (Å²) in [6, 6.07) is 16.5. The third-order valence-corrected chi connectivity index (χ3v) is 4.89. The van der Waals surface area contributed by atoms with Crippen LogP contribution in [0.25, 0.3) is 0 Å². The van der Waals surface area contributed by atoms with Crippen LogP contribution in [0, 0.1) is 5.92 Å². The number of benzene rings is 2. The SMILES string of the molecule is CCCC(C)COc1ccc(C(C(=O)NC(C)c2ccccc2)C(=O)OC)cc1. The van der Waals surface area contributed by atoms with Gasteiger partial charge >= 0.3 is 5.97 Å². The van der Waals surface area contributed by atoms with Gasteiger partial charge in [-0.25, -0.2) is 0 Å². The lowest BCUT2D eigenvalue weighted by Gasteiger charge is -2.20. The highest BCUT2D eigenvalue weighted by Crippen LogP contribution is 2.23. The molecule has 3 unspecified atom stereocenters. The highest BCUT2D eigenvalue weighted by Gasteiger charge is 2.30. The summed E-state index contributed by atoms with van der Waals surface area (Å²) in [4.78, 5) is 25.2. The zero-order chi connectivity index (χ0) is 21.2. The van der Waals surface area contributed by atoms with Gasteiger partial charge in [0.15, 0.2) is 5.92 Å². The summed E-state index contributed by atoms with van der Waals surface area (Å²) in [5, 5.41) is 2.91. The van der Waals surface area contributed by atoms with E-state index in [0.717, 1.165) is 24.2 Å². The molecule has 2 aromatic carbocycles. The zero-order valence-corrected chi connectivity index (χ0v) is 17.7. The van der Waals surface area contributed by atoms with Crippen LogP contribution in [0.15, 0.2) is 54.6 Å². The van der Waals surface area contributed by atoms with Gasteiger partial charge in [0.05, 0.1) is 19.8 Å². The molecule has 0 aliphatic rings. The predicted octanol–water partition coefficient (Wildman–Crippen LogP) is 4.64. The van der Waals surface area contributed by atoms with E-state index in [1.807, 2.05) is 37.3 Å². The number of rotatable bonds is 10. The number of hydrogen-bond donors (Lipinski definition) is 1. The van der Waals surface area contributed by atoms with Gasteiger partial charge in [-0.2, -0.15) is 0 Å². The first-order valence-electron chi connectivity index (χ1n) is 10.1. The molecule has 1 N–H and O–H groups in total. The van der Waals surface area contributed by atoms with E-state index in [0.29, 0.717) is 18.1 Å². The van der Waals surface area contributed by atoms with Gasteiger partial charge in [0, 0.05) is 0 Å². The number of nitrogens with one attached hydrogen (secondary N) is 1. The van der Waals surface area contributed by atoms with Crippen LogP contribution < -0.4 is 10.1 Å². The highest BCUT2D eigenvalue weighted by atomic mass is 16.5. The summed E-state index contributed by atoms with van der Waals surface area (Å²) in [6.45, 7) is 6.84. The second-order valence-corrected chi connectivity index (χ2v) is 7.37. The minimum atomic E-state index is -1.03. The summed E-state index contributed by atoms with van der Waals surface area (Å²) in [6.07, 6.45) is 2.24. The lowest BCUT2D eigenvalue weighted by molar-refractivity contribution is -0.146. The molecule has 0 radical (unpaired) electrons. The average molecular weight is 398 g/mol. The molecule has 5 heteroatoms. The minimum absolute atomic E-state index is 0.224. The van der Waals surface area contributed by atoms with Crippen LogP contribution in [0.3, 0.4) is 0 Å². The van der Waals surface area contributed by atoms with Crippen molar-refractivity contribution in [2.24, 2.45) is 5.92 Å². The molecule has 0 heterocycles. The third-order valence-electron chi connectivity index (χ3n) is 4.89. The maximum Gasteiger partial charge on any atom is 0.322 e. The summed E-state index contributed by atoms with van der Waals surface area (Å²) < 4.78 is 10.7. The molecule has 0 aromatic heterocycles. The molecule has 5 nitrogen and oxygen atoms in total. The quantitative estimate of drug-likeness (QED) is 0.469. The van der Waals surface area contributed by atoms with Crippen molar-refractivity contribution in [3.05, 3.63) is 65.7 Å². The summed E-state index contributed by atoms with van der Waals surface area (Å²) in [5.41, 5.74) is 1.54. The van der Waals surface area contributed by atoms with E-state index >= 15 is 0 Å². The van der Waals surface area contributed by atoms with E-state index < -0.39 is 17.8 Å². The first-order chi connectivity index (χ1) is 14.0. The Bertz CT molecular complexity index is 773. The predicted molar refractivity (Wildman–Crippen MR) is 114 cm³/mol. The summed E-state index contributed by atoms with van der Waals surface area (Å²) in [7, 11) is 1.29. The Labute approximate surface area is 173 Å². The van der Waals surface area contributed by atoms with Crippen LogP contribution in [0.5, 0.6) is 5.75 Å². The molecule has 0 saturated carbocycles. The summed E-state index contributed by atoms with van der Waals surface area (Å²) >= 11 is 0. The molecule has 0 saturated heterocycles. The molecule has 2 aromatic rings. The largest absolute Gasteiger partial charge is 0.493 e. The van der Waals surface area contributed by atoms with Crippen molar-refractivity contribution in [1.82, 2.24) is 5.32 Å². The number of ether oxygens (including phenoxy) is 2. The van der Waals surface area contributed by atoms with E-state index in [1.54, 1.807) is 24.3 Å². The van der Waals surface area contributed by atoms with Gasteiger partial charge in [0.25, 0.3) is 0 Å². The molecule has 29 heavy (non-hydrogen) atoms. The Morgan fingerprint density at radius 3 is 2.21 bits per heavy atom. The van der Waals surface area contributed by atoms with E-state index in [2.05, 4.69) is 19.2 Å². The molecular weight excluding hydrogens is 366 g/mol. The van der Waals surface area contributed by atoms with Crippen molar-refractivity contribution in [2.75, 3.05) is 13.7 Å². The van der Waals surface area contributed by atoms with Crippen molar-refractivity contribution < 1.29 is 19.1 Å². The maximum absolute atomic E-state index is 12.9. The van der Waals surface area contributed by atoms with Crippen LogP contribution in [-0.2, 0) is 14.3 Å². The molecule has 0 fully saturated rings. The van der Waals surface area contributed by atoms with Gasteiger partial charge in [0.1, 0.15) is 5.75 Å². The second-order valence-electron chi connectivity index (χ2n) is 7.37. The van der Waals surface area contributed by atoms with Crippen molar-refractivity contribution in [3.63, 3.8) is 0 Å². The molecule has 3 atom stereocenters. The van der Waals surface area contributed by atoms with Gasteiger partial charge in [0.2, 0.25) is 5.91 Å². The monoisotopic (exact) mass is 397 g/mol. The number of carbonyl (C=O) groups is 2. The fourth-order valence-electron chi connectivity index (χ4n) is 3.21. The number of methoxy groups -OCH3 is 1. The number of hydrogen-bond acceptors (Lipinski definition) is 4. The fourth-order valence-corrected chi connectivity index (χ4v) is 3.21. The Kier molecular flexibility index (Phi) is 8.71. The van der Waals surface area contributed by atoms with Crippen LogP contribution in [0.4, 0.5) is 0 Å². The molecule has 1 amide bonds. The van der Waals surface area contributed by atoms with E-state index in [-0.39, 0.29) is 6.04 Å². The first-order valence-corrected chi connectivity index (χ1v) is 10.1. The Morgan fingerprint density at radius 2 is 1.62 bits per heavy atom. The minimum Gasteiger partial charge on any atom is -0.493 e. The van der Waals surface area contributed by atoms with Crippen LogP contribution in [-0.4, -0.2) is 25.6 Å². The molecule has 2 rings (SSSR count). The van der Waals surface area contributed by atoms with Crippen LogP contribution >= 0.6 is 0 Å². The lowest BCUT2D eigenvalue weighted by Crippen LogP contribution is -2.36. The molecule has 156 valence electrons. The Morgan fingerprint density at radius 1 is 0.966 bits per heavy atom. The summed E-state index contributed by atoms with van der Waals surface area (Å²) in [5.74, 6) is -0.809. The lowest BCUT2D eigenvalue weighted by atomic mass is 9.97. The van der Waals surface area contributed by atoms with Crippen molar-refractivity contribution >= 4 is 11.9 Å². The van der Waals surface area contributed by atoms with Gasteiger partial charge < -0.3 is 14.8 Å². The van der Waals surface area contributed by atoms with Gasteiger partial charge in [-0.05, 0) is 42.5 Å². The smallest absolute Gasteiger partial charge is 0.322 e. The van der Waals surface area contributed by atoms with Crippen LogP contribution in [0.1, 0.15) is 56.7 Å². The van der Waals surface area contributed by atoms with Gasteiger partial charge in [-0.15, -0.1) is 0 Å². The maximum atomic E-state index is 12.9. The molecule has 0 spiro atoms. The molecule has 0 bridgehead atoms. The zero-order valence-electron chi connectivity index (χ0n) is 17.7. The van der Waals surface area contributed by atoms with Crippen molar-refractivity contribution in [1.29, 1.82) is 0 Å². The van der Waals surface area contributed by atoms with E-state index in [1.165, 1.54) is 7.11 Å². The molecule has 0 aliphatic heterocycles. The average Bonchev–Trinajstić information content (AvgIpc) is 2.74. The highest BCUT2D eigenvalue weighted by molar-refractivity contribution is 6.03. The normalized spacial score (nSPS) is 13.8.